The molecular formula is C14H21NOS. The SMILES string of the molecule is CCc1ccc(C(O)C2CSCCN2C)cc1. The van der Waals surface area contributed by atoms with Gasteiger partial charge in [0.1, 0.15) is 0 Å². The molecule has 0 saturated carbocycles. The van der Waals surface area contributed by atoms with E-state index in [2.05, 4.69) is 43.1 Å². The smallest absolute Gasteiger partial charge is 0.0953 e. The van der Waals surface area contributed by atoms with Gasteiger partial charge in [-0.1, -0.05) is 31.2 Å². The van der Waals surface area contributed by atoms with Gasteiger partial charge in [0.05, 0.1) is 6.10 Å². The predicted molar refractivity (Wildman–Crippen MR) is 74.5 cm³/mol. The number of aliphatic hydroxyl groups is 1. The molecule has 0 bridgehead atoms. The van der Waals surface area contributed by atoms with Crippen LogP contribution in [0.1, 0.15) is 24.2 Å². The maximum atomic E-state index is 10.4. The summed E-state index contributed by atoms with van der Waals surface area (Å²) in [5, 5.41) is 10.4. The summed E-state index contributed by atoms with van der Waals surface area (Å²) in [5.74, 6) is 2.20. The number of rotatable bonds is 3. The molecule has 0 radical (unpaired) electrons. The topological polar surface area (TPSA) is 23.5 Å². The molecule has 3 heteroatoms. The van der Waals surface area contributed by atoms with Gasteiger partial charge in [0.15, 0.2) is 0 Å². The van der Waals surface area contributed by atoms with Crippen molar-refractivity contribution >= 4 is 11.8 Å². The molecule has 0 aliphatic carbocycles. The van der Waals surface area contributed by atoms with Crippen LogP contribution >= 0.6 is 11.8 Å². The molecule has 1 aromatic rings. The molecule has 1 saturated heterocycles. The van der Waals surface area contributed by atoms with Gasteiger partial charge in [-0.15, -0.1) is 0 Å². The van der Waals surface area contributed by atoms with Crippen LogP contribution < -0.4 is 0 Å². The van der Waals surface area contributed by atoms with E-state index in [9.17, 15) is 5.11 Å². The first-order chi connectivity index (χ1) is 8.22. The van der Waals surface area contributed by atoms with E-state index in [0.717, 1.165) is 24.3 Å². The molecule has 0 spiro atoms. The lowest BCUT2D eigenvalue weighted by atomic mass is 10.0. The van der Waals surface area contributed by atoms with E-state index in [1.807, 2.05) is 11.8 Å². The first kappa shape index (κ1) is 12.9. The van der Waals surface area contributed by atoms with Crippen molar-refractivity contribution in [2.24, 2.45) is 0 Å². The molecule has 2 rings (SSSR count). The van der Waals surface area contributed by atoms with E-state index >= 15 is 0 Å². The summed E-state index contributed by atoms with van der Waals surface area (Å²) in [6.45, 7) is 3.22. The highest BCUT2D eigenvalue weighted by atomic mass is 32.2. The Balaban J connectivity index is 2.09. The predicted octanol–water partition coefficient (Wildman–Crippen LogP) is 2.33. The fourth-order valence-electron chi connectivity index (χ4n) is 2.21. The van der Waals surface area contributed by atoms with E-state index in [1.165, 1.54) is 11.3 Å². The standard InChI is InChI=1S/C14H21NOS/c1-3-11-4-6-12(7-5-11)14(16)13-10-17-9-8-15(13)2/h4-7,13-14,16H,3,8-10H2,1-2H3. The third kappa shape index (κ3) is 3.03. The minimum atomic E-state index is -0.362. The van der Waals surface area contributed by atoms with Gasteiger partial charge in [-0.2, -0.15) is 11.8 Å². The largest absolute Gasteiger partial charge is 0.387 e. The molecule has 94 valence electrons. The Kier molecular flexibility index (Phi) is 4.48. The van der Waals surface area contributed by atoms with E-state index in [0.29, 0.717) is 0 Å². The summed E-state index contributed by atoms with van der Waals surface area (Å²) in [6.07, 6.45) is 0.689. The molecule has 2 atom stereocenters. The Morgan fingerprint density at radius 2 is 2.12 bits per heavy atom. The maximum absolute atomic E-state index is 10.4. The van der Waals surface area contributed by atoms with Crippen molar-refractivity contribution < 1.29 is 5.11 Å². The zero-order valence-electron chi connectivity index (χ0n) is 10.6. The van der Waals surface area contributed by atoms with Gasteiger partial charge < -0.3 is 5.11 Å². The van der Waals surface area contributed by atoms with Gasteiger partial charge in [0.25, 0.3) is 0 Å². The number of thioether (sulfide) groups is 1. The van der Waals surface area contributed by atoms with Crippen LogP contribution in [0.5, 0.6) is 0 Å². The van der Waals surface area contributed by atoms with Crippen LogP contribution in [0.4, 0.5) is 0 Å². The summed E-state index contributed by atoms with van der Waals surface area (Å²) < 4.78 is 0. The minimum Gasteiger partial charge on any atom is -0.387 e. The van der Waals surface area contributed by atoms with Gasteiger partial charge in [-0.05, 0) is 24.6 Å². The van der Waals surface area contributed by atoms with Crippen LogP contribution in [0.25, 0.3) is 0 Å². The zero-order valence-corrected chi connectivity index (χ0v) is 11.4. The minimum absolute atomic E-state index is 0.251. The number of aliphatic hydroxyl groups excluding tert-OH is 1. The van der Waals surface area contributed by atoms with Crippen LogP contribution in [0.15, 0.2) is 24.3 Å². The average Bonchev–Trinajstić information content (AvgIpc) is 2.39. The lowest BCUT2D eigenvalue weighted by Gasteiger charge is -2.35. The molecule has 1 heterocycles. The third-order valence-corrected chi connectivity index (χ3v) is 4.59. The normalized spacial score (nSPS) is 23.6. The van der Waals surface area contributed by atoms with Gasteiger partial charge in [0.2, 0.25) is 0 Å². The molecule has 1 N–H and O–H groups in total. The van der Waals surface area contributed by atoms with Gasteiger partial charge in [0, 0.05) is 24.1 Å². The Morgan fingerprint density at radius 3 is 2.71 bits per heavy atom. The molecule has 1 aliphatic heterocycles. The quantitative estimate of drug-likeness (QED) is 0.892. The Morgan fingerprint density at radius 1 is 1.41 bits per heavy atom. The molecule has 0 aromatic heterocycles. The second kappa shape index (κ2) is 5.89. The summed E-state index contributed by atoms with van der Waals surface area (Å²) in [7, 11) is 2.11. The Labute approximate surface area is 108 Å². The van der Waals surface area contributed by atoms with Crippen LogP contribution in [0, 0.1) is 0 Å². The molecule has 0 amide bonds. The highest BCUT2D eigenvalue weighted by molar-refractivity contribution is 7.99. The Hall–Kier alpha value is -0.510. The maximum Gasteiger partial charge on any atom is 0.0953 e. The van der Waals surface area contributed by atoms with E-state index < -0.39 is 0 Å². The lowest BCUT2D eigenvalue weighted by Crippen LogP contribution is -2.43. The van der Waals surface area contributed by atoms with Crippen LogP contribution in [0.3, 0.4) is 0 Å². The summed E-state index contributed by atoms with van der Waals surface area (Å²) in [4.78, 5) is 2.27. The summed E-state index contributed by atoms with van der Waals surface area (Å²) >= 11 is 1.94. The highest BCUT2D eigenvalue weighted by Crippen LogP contribution is 2.26. The fourth-order valence-corrected chi connectivity index (χ4v) is 3.47. The molecule has 1 fully saturated rings. The van der Waals surface area contributed by atoms with Crippen molar-refractivity contribution in [1.29, 1.82) is 0 Å². The average molecular weight is 251 g/mol. The number of hydrogen-bond acceptors (Lipinski definition) is 3. The molecule has 1 aliphatic rings. The van der Waals surface area contributed by atoms with Crippen molar-refractivity contribution in [3.63, 3.8) is 0 Å². The van der Waals surface area contributed by atoms with Crippen LogP contribution in [-0.4, -0.2) is 41.1 Å². The molecular weight excluding hydrogens is 230 g/mol. The number of benzene rings is 1. The molecule has 2 nitrogen and oxygen atoms in total. The van der Waals surface area contributed by atoms with Crippen LogP contribution in [-0.2, 0) is 6.42 Å². The number of hydrogen-bond donors (Lipinski definition) is 1. The first-order valence-electron chi connectivity index (χ1n) is 6.27. The molecule has 2 unspecified atom stereocenters. The van der Waals surface area contributed by atoms with Gasteiger partial charge >= 0.3 is 0 Å². The number of nitrogens with zero attached hydrogens (tertiary/aromatic N) is 1. The second-order valence-electron chi connectivity index (χ2n) is 4.66. The van der Waals surface area contributed by atoms with Gasteiger partial charge in [-0.25, -0.2) is 0 Å². The van der Waals surface area contributed by atoms with Crippen molar-refractivity contribution in [3.8, 4) is 0 Å². The lowest BCUT2D eigenvalue weighted by molar-refractivity contribution is 0.0758. The zero-order chi connectivity index (χ0) is 12.3. The van der Waals surface area contributed by atoms with Crippen molar-refractivity contribution in [2.45, 2.75) is 25.5 Å². The van der Waals surface area contributed by atoms with E-state index in [-0.39, 0.29) is 12.1 Å². The van der Waals surface area contributed by atoms with Gasteiger partial charge in [-0.3, -0.25) is 4.90 Å². The number of likely N-dealkylation sites (N-methyl/N-ethyl adjacent to an activating group) is 1. The molecule has 17 heavy (non-hydrogen) atoms. The Bertz CT molecular complexity index is 352. The summed E-state index contributed by atoms with van der Waals surface area (Å²) in [5.41, 5.74) is 2.37. The molecule has 1 aromatic carbocycles. The number of aryl methyl sites for hydroxylation is 1. The van der Waals surface area contributed by atoms with E-state index in [4.69, 9.17) is 0 Å². The monoisotopic (exact) mass is 251 g/mol. The van der Waals surface area contributed by atoms with Crippen molar-refractivity contribution in [2.75, 3.05) is 25.1 Å². The second-order valence-corrected chi connectivity index (χ2v) is 5.81. The first-order valence-corrected chi connectivity index (χ1v) is 7.42. The highest BCUT2D eigenvalue weighted by Gasteiger charge is 2.27. The van der Waals surface area contributed by atoms with Crippen molar-refractivity contribution in [1.82, 2.24) is 4.90 Å². The van der Waals surface area contributed by atoms with E-state index in [1.54, 1.807) is 0 Å². The van der Waals surface area contributed by atoms with Crippen molar-refractivity contribution in [3.05, 3.63) is 35.4 Å². The fraction of sp³-hybridized carbons (Fsp3) is 0.571. The van der Waals surface area contributed by atoms with Crippen LogP contribution in [0.2, 0.25) is 0 Å². The summed E-state index contributed by atoms with van der Waals surface area (Å²) in [6, 6.07) is 8.62. The third-order valence-electron chi connectivity index (χ3n) is 3.54.